The van der Waals surface area contributed by atoms with Gasteiger partial charge in [-0.15, -0.1) is 0 Å². The number of carbonyl (C=O) groups excluding carboxylic acids is 1. The fourth-order valence-electron chi connectivity index (χ4n) is 3.12. The van der Waals surface area contributed by atoms with Crippen molar-refractivity contribution < 1.29 is 26.8 Å². The van der Waals surface area contributed by atoms with Crippen LogP contribution in [0, 0.1) is 5.82 Å². The van der Waals surface area contributed by atoms with E-state index in [0.717, 1.165) is 12.1 Å². The van der Waals surface area contributed by atoms with Crippen LogP contribution < -0.4 is 5.32 Å². The Morgan fingerprint density at radius 3 is 2.59 bits per heavy atom. The number of hydrogen-bond donors (Lipinski definition) is 1. The van der Waals surface area contributed by atoms with Gasteiger partial charge in [-0.2, -0.15) is 13.2 Å². The molecule has 0 aliphatic heterocycles. The Kier molecular flexibility index (Phi) is 4.62. The molecule has 4 aromatic rings. The van der Waals surface area contributed by atoms with Crippen molar-refractivity contribution in [1.82, 2.24) is 4.57 Å². The summed E-state index contributed by atoms with van der Waals surface area (Å²) in [7, 11) is 0. The molecule has 1 N–H and O–H groups in total. The number of rotatable bonds is 4. The number of furan rings is 1. The van der Waals surface area contributed by atoms with E-state index in [2.05, 4.69) is 5.32 Å². The Morgan fingerprint density at radius 1 is 1.03 bits per heavy atom. The van der Waals surface area contributed by atoms with Crippen LogP contribution in [-0.4, -0.2) is 10.5 Å². The van der Waals surface area contributed by atoms with Gasteiger partial charge in [0.15, 0.2) is 5.58 Å². The summed E-state index contributed by atoms with van der Waals surface area (Å²) in [6.07, 6.45) is -3.06. The Hall–Kier alpha value is -3.55. The molecule has 0 unspecified atom stereocenters. The number of nitrogens with one attached hydrogen (secondary N) is 1. The number of halogens is 4. The third kappa shape index (κ3) is 3.87. The monoisotopic (exact) mass is 402 g/mol. The number of alkyl halides is 3. The lowest BCUT2D eigenvalue weighted by atomic mass is 10.2. The third-order valence-corrected chi connectivity index (χ3v) is 4.43. The SMILES string of the molecule is O=C(Nc1cccc(C(F)(F)F)c1)c1cc2occc2n1Cc1cccc(F)c1. The molecule has 8 heteroatoms. The van der Waals surface area contributed by atoms with Crippen molar-refractivity contribution in [2.75, 3.05) is 5.32 Å². The summed E-state index contributed by atoms with van der Waals surface area (Å²) in [5.74, 6) is -1.01. The molecule has 148 valence electrons. The molecule has 2 heterocycles. The maximum atomic E-state index is 13.5. The molecule has 0 radical (unpaired) electrons. The van der Waals surface area contributed by atoms with E-state index in [1.807, 2.05) is 0 Å². The molecule has 1 amide bonds. The predicted molar refractivity (Wildman–Crippen MR) is 99.1 cm³/mol. The van der Waals surface area contributed by atoms with Crippen LogP contribution >= 0.6 is 0 Å². The molecule has 29 heavy (non-hydrogen) atoms. The van der Waals surface area contributed by atoms with Crippen LogP contribution in [0.5, 0.6) is 0 Å². The number of carbonyl (C=O) groups is 1. The fourth-order valence-corrected chi connectivity index (χ4v) is 3.12. The van der Waals surface area contributed by atoms with Gasteiger partial charge in [-0.05, 0) is 35.9 Å². The predicted octanol–water partition coefficient (Wildman–Crippen LogP) is 5.69. The largest absolute Gasteiger partial charge is 0.463 e. The van der Waals surface area contributed by atoms with E-state index in [4.69, 9.17) is 4.42 Å². The molecule has 0 fully saturated rings. The van der Waals surface area contributed by atoms with E-state index < -0.39 is 23.5 Å². The lowest BCUT2D eigenvalue weighted by Gasteiger charge is -2.12. The van der Waals surface area contributed by atoms with E-state index in [0.29, 0.717) is 16.7 Å². The molecule has 4 nitrogen and oxygen atoms in total. The van der Waals surface area contributed by atoms with Gasteiger partial charge < -0.3 is 14.3 Å². The molecule has 0 saturated heterocycles. The zero-order chi connectivity index (χ0) is 20.6. The molecule has 4 rings (SSSR count). The van der Waals surface area contributed by atoms with Crippen molar-refractivity contribution in [2.24, 2.45) is 0 Å². The van der Waals surface area contributed by atoms with Gasteiger partial charge in [0, 0.05) is 24.4 Å². The Balaban J connectivity index is 1.67. The lowest BCUT2D eigenvalue weighted by Crippen LogP contribution is -2.18. The summed E-state index contributed by atoms with van der Waals surface area (Å²) < 4.78 is 59.2. The second-order valence-corrected chi connectivity index (χ2v) is 6.45. The Morgan fingerprint density at radius 2 is 1.83 bits per heavy atom. The summed E-state index contributed by atoms with van der Waals surface area (Å²) in [5.41, 5.74) is 1.01. The number of amides is 1. The van der Waals surface area contributed by atoms with Crippen molar-refractivity contribution in [1.29, 1.82) is 0 Å². The lowest BCUT2D eigenvalue weighted by molar-refractivity contribution is -0.137. The summed E-state index contributed by atoms with van der Waals surface area (Å²) in [6.45, 7) is 0.187. The van der Waals surface area contributed by atoms with Crippen LogP contribution in [0.25, 0.3) is 11.1 Å². The standard InChI is InChI=1S/C21H14F4N2O2/c22-15-5-1-3-13(9-15)12-27-17-7-8-29-19(17)11-18(27)20(28)26-16-6-2-4-14(10-16)21(23,24)25/h1-11H,12H2,(H,26,28). The smallest absolute Gasteiger partial charge is 0.416 e. The second kappa shape index (κ2) is 7.12. The molecule has 0 aliphatic carbocycles. The number of benzene rings is 2. The highest BCUT2D eigenvalue weighted by molar-refractivity contribution is 6.05. The van der Waals surface area contributed by atoms with Crippen molar-refractivity contribution in [3.05, 3.63) is 89.6 Å². The number of aromatic nitrogens is 1. The Bertz CT molecular complexity index is 1190. The average molecular weight is 402 g/mol. The molecule has 0 spiro atoms. The molecule has 2 aromatic heterocycles. The third-order valence-electron chi connectivity index (χ3n) is 4.43. The minimum absolute atomic E-state index is 0.0138. The maximum absolute atomic E-state index is 13.5. The Labute approximate surface area is 162 Å². The quantitative estimate of drug-likeness (QED) is 0.446. The first-order valence-electron chi connectivity index (χ1n) is 8.61. The second-order valence-electron chi connectivity index (χ2n) is 6.45. The maximum Gasteiger partial charge on any atom is 0.416 e. The first-order valence-corrected chi connectivity index (χ1v) is 8.61. The minimum Gasteiger partial charge on any atom is -0.463 e. The van der Waals surface area contributed by atoms with Crippen LogP contribution in [0.4, 0.5) is 23.2 Å². The highest BCUT2D eigenvalue weighted by atomic mass is 19.4. The van der Waals surface area contributed by atoms with Gasteiger partial charge in [0.2, 0.25) is 0 Å². The number of fused-ring (bicyclic) bond motifs is 1. The van der Waals surface area contributed by atoms with Crippen molar-refractivity contribution in [2.45, 2.75) is 12.7 Å². The van der Waals surface area contributed by atoms with Gasteiger partial charge >= 0.3 is 6.18 Å². The molecule has 0 saturated carbocycles. The van der Waals surface area contributed by atoms with Crippen molar-refractivity contribution in [3.8, 4) is 0 Å². The van der Waals surface area contributed by atoms with Gasteiger partial charge in [-0.1, -0.05) is 18.2 Å². The first kappa shape index (κ1) is 18.8. The fraction of sp³-hybridized carbons (Fsp3) is 0.0952. The molecule has 0 atom stereocenters. The van der Waals surface area contributed by atoms with Crippen molar-refractivity contribution >= 4 is 22.7 Å². The van der Waals surface area contributed by atoms with Crippen LogP contribution in [0.15, 0.2) is 71.3 Å². The minimum atomic E-state index is -4.52. The van der Waals surface area contributed by atoms with Gasteiger partial charge in [-0.3, -0.25) is 4.79 Å². The van der Waals surface area contributed by atoms with Gasteiger partial charge in [-0.25, -0.2) is 4.39 Å². The highest BCUT2D eigenvalue weighted by Crippen LogP contribution is 2.31. The van der Waals surface area contributed by atoms with E-state index in [-0.39, 0.29) is 17.9 Å². The molecular formula is C21H14F4N2O2. The summed E-state index contributed by atoms with van der Waals surface area (Å²) in [5, 5.41) is 2.48. The van der Waals surface area contributed by atoms with Crippen LogP contribution in [0.3, 0.4) is 0 Å². The summed E-state index contributed by atoms with van der Waals surface area (Å²) >= 11 is 0. The van der Waals surface area contributed by atoms with Gasteiger partial charge in [0.1, 0.15) is 11.5 Å². The summed E-state index contributed by atoms with van der Waals surface area (Å²) in [6, 6.07) is 13.5. The van der Waals surface area contributed by atoms with E-state index >= 15 is 0 Å². The zero-order valence-electron chi connectivity index (χ0n) is 14.8. The van der Waals surface area contributed by atoms with Gasteiger partial charge in [0.25, 0.3) is 5.91 Å². The normalized spacial score (nSPS) is 11.7. The molecule has 0 aliphatic rings. The molecular weight excluding hydrogens is 388 g/mol. The van der Waals surface area contributed by atoms with E-state index in [1.54, 1.807) is 22.8 Å². The van der Waals surface area contributed by atoms with Crippen LogP contribution in [0.1, 0.15) is 21.6 Å². The van der Waals surface area contributed by atoms with Crippen molar-refractivity contribution in [3.63, 3.8) is 0 Å². The molecule has 2 aromatic carbocycles. The van der Waals surface area contributed by atoms with E-state index in [9.17, 15) is 22.4 Å². The number of nitrogens with zero attached hydrogens (tertiary/aromatic N) is 1. The topological polar surface area (TPSA) is 47.2 Å². The first-order chi connectivity index (χ1) is 13.8. The molecule has 0 bridgehead atoms. The number of hydrogen-bond acceptors (Lipinski definition) is 2. The average Bonchev–Trinajstić information content (AvgIpc) is 3.24. The highest BCUT2D eigenvalue weighted by Gasteiger charge is 2.30. The van der Waals surface area contributed by atoms with Gasteiger partial charge in [0.05, 0.1) is 17.3 Å². The summed E-state index contributed by atoms with van der Waals surface area (Å²) in [4.78, 5) is 12.8. The number of anilines is 1. The van der Waals surface area contributed by atoms with E-state index in [1.165, 1.54) is 36.6 Å². The van der Waals surface area contributed by atoms with Crippen LogP contribution in [0.2, 0.25) is 0 Å². The van der Waals surface area contributed by atoms with Crippen LogP contribution in [-0.2, 0) is 12.7 Å². The zero-order valence-corrected chi connectivity index (χ0v) is 14.8.